The number of hydrogen-bond acceptors (Lipinski definition) is 7. The van der Waals surface area contributed by atoms with Crippen molar-refractivity contribution in [2.75, 3.05) is 32.8 Å². The van der Waals surface area contributed by atoms with E-state index in [1.807, 2.05) is 0 Å². The predicted octanol–water partition coefficient (Wildman–Crippen LogP) is 12.8. The van der Waals surface area contributed by atoms with Crippen LogP contribution in [-0.4, -0.2) is 72.4 Å². The van der Waals surface area contributed by atoms with Crippen LogP contribution in [0.3, 0.4) is 0 Å². The summed E-state index contributed by atoms with van der Waals surface area (Å²) >= 11 is 0. The zero-order valence-electron chi connectivity index (χ0n) is 37.2. The highest BCUT2D eigenvalue weighted by Crippen LogP contribution is 2.19. The maximum Gasteiger partial charge on any atom is 0.306 e. The fraction of sp³-hybridized carbons (Fsp3) is 0.917. The molecule has 0 aromatic carbocycles. The monoisotopic (exact) mass is 791 g/mol. The minimum Gasteiger partial charge on any atom is -0.466 e. The maximum atomic E-state index is 12.8. The molecule has 1 aliphatic rings. The van der Waals surface area contributed by atoms with Crippen LogP contribution in [0.2, 0.25) is 0 Å². The molecule has 1 heterocycles. The number of rotatable bonds is 42. The highest BCUT2D eigenvalue weighted by molar-refractivity contribution is 6.01. The van der Waals surface area contributed by atoms with Crippen LogP contribution < -0.4 is 0 Å². The van der Waals surface area contributed by atoms with Crippen molar-refractivity contribution in [1.29, 1.82) is 0 Å². The number of amides is 2. The first-order chi connectivity index (χ1) is 27.4. The van der Waals surface area contributed by atoms with E-state index in [9.17, 15) is 19.2 Å². The van der Waals surface area contributed by atoms with Crippen LogP contribution >= 0.6 is 0 Å². The van der Waals surface area contributed by atoms with Crippen LogP contribution in [0.5, 0.6) is 0 Å². The van der Waals surface area contributed by atoms with Crippen molar-refractivity contribution in [2.24, 2.45) is 0 Å². The molecule has 8 heteroatoms. The Morgan fingerprint density at radius 3 is 1.39 bits per heavy atom. The van der Waals surface area contributed by atoms with E-state index in [1.54, 1.807) is 0 Å². The molecule has 0 bridgehead atoms. The van der Waals surface area contributed by atoms with E-state index in [0.29, 0.717) is 38.8 Å². The number of ether oxygens (including phenoxy) is 2. The van der Waals surface area contributed by atoms with Crippen molar-refractivity contribution >= 4 is 23.8 Å². The third-order valence-electron chi connectivity index (χ3n) is 11.5. The first-order valence-corrected chi connectivity index (χ1v) is 24.3. The van der Waals surface area contributed by atoms with Gasteiger partial charge in [0.1, 0.15) is 6.10 Å². The molecule has 1 unspecified atom stereocenters. The van der Waals surface area contributed by atoms with Crippen molar-refractivity contribution in [2.45, 2.75) is 252 Å². The topological polar surface area (TPSA) is 93.2 Å². The van der Waals surface area contributed by atoms with Crippen molar-refractivity contribution in [3.05, 3.63) is 0 Å². The van der Waals surface area contributed by atoms with Crippen LogP contribution in [0.15, 0.2) is 0 Å². The molecule has 1 saturated heterocycles. The van der Waals surface area contributed by atoms with Crippen molar-refractivity contribution in [1.82, 2.24) is 9.80 Å². The van der Waals surface area contributed by atoms with Crippen molar-refractivity contribution in [3.63, 3.8) is 0 Å². The van der Waals surface area contributed by atoms with Gasteiger partial charge in [0.25, 0.3) is 0 Å². The fourth-order valence-corrected chi connectivity index (χ4v) is 7.88. The maximum absolute atomic E-state index is 12.8. The smallest absolute Gasteiger partial charge is 0.306 e. The standard InChI is InChI=1S/C48H90N2O6/c1-4-7-10-13-15-24-31-43-55-47(53)35-27-20-16-22-29-39-49(41-32-42-50-45(51)37-38-46(50)52)40-30-23-17-21-28-36-48(54)56-44(33-25-18-12-9-6-3)34-26-19-14-11-8-5-2/h44H,4-43H2,1-3H3. The number of unbranched alkanes of at least 4 members (excludes halogenated alkanes) is 23. The average molecular weight is 791 g/mol. The molecule has 0 aromatic heterocycles. The highest BCUT2D eigenvalue weighted by Gasteiger charge is 2.28. The second-order valence-electron chi connectivity index (χ2n) is 16.9. The number of imide groups is 1. The van der Waals surface area contributed by atoms with Gasteiger partial charge in [-0.3, -0.25) is 24.1 Å². The van der Waals surface area contributed by atoms with Gasteiger partial charge in [0.2, 0.25) is 11.8 Å². The van der Waals surface area contributed by atoms with Crippen LogP contribution in [0, 0.1) is 0 Å². The predicted molar refractivity (Wildman–Crippen MR) is 233 cm³/mol. The number of likely N-dealkylation sites (tertiary alicyclic amines) is 1. The van der Waals surface area contributed by atoms with E-state index in [1.165, 1.54) is 101 Å². The molecular weight excluding hydrogens is 701 g/mol. The number of nitrogens with zero attached hydrogens (tertiary/aromatic N) is 2. The SMILES string of the molecule is CCCCCCCCCOC(=O)CCCCCCCN(CCCCCCCC(=O)OC(CCCCCCC)CCCCCCCC)CCCN1C(=O)CCC1=O. The van der Waals surface area contributed by atoms with E-state index in [-0.39, 0.29) is 29.9 Å². The molecule has 0 saturated carbocycles. The van der Waals surface area contributed by atoms with E-state index < -0.39 is 0 Å². The molecule has 0 N–H and O–H groups in total. The summed E-state index contributed by atoms with van der Waals surface area (Å²) in [6.07, 6.45) is 37.8. The summed E-state index contributed by atoms with van der Waals surface area (Å²) in [4.78, 5) is 53.1. The van der Waals surface area contributed by atoms with Crippen molar-refractivity contribution < 1.29 is 28.7 Å². The van der Waals surface area contributed by atoms with Gasteiger partial charge in [0.15, 0.2) is 0 Å². The summed E-state index contributed by atoms with van der Waals surface area (Å²) < 4.78 is 11.5. The lowest BCUT2D eigenvalue weighted by molar-refractivity contribution is -0.150. The van der Waals surface area contributed by atoms with Gasteiger partial charge in [-0.25, -0.2) is 0 Å². The number of esters is 2. The lowest BCUT2D eigenvalue weighted by atomic mass is 10.0. The molecule has 0 aliphatic carbocycles. The Hall–Kier alpha value is -1.96. The Morgan fingerprint density at radius 1 is 0.500 bits per heavy atom. The van der Waals surface area contributed by atoms with E-state index in [4.69, 9.17) is 9.47 Å². The normalized spacial score (nSPS) is 13.6. The van der Waals surface area contributed by atoms with Gasteiger partial charge in [-0.1, -0.05) is 156 Å². The van der Waals surface area contributed by atoms with E-state index in [2.05, 4.69) is 25.7 Å². The van der Waals surface area contributed by atoms with Gasteiger partial charge in [-0.2, -0.15) is 0 Å². The molecule has 328 valence electrons. The summed E-state index contributed by atoms with van der Waals surface area (Å²) in [5.74, 6) is -0.104. The summed E-state index contributed by atoms with van der Waals surface area (Å²) in [6.45, 7) is 10.8. The molecule has 2 amide bonds. The van der Waals surface area contributed by atoms with Gasteiger partial charge in [0.05, 0.1) is 6.61 Å². The lowest BCUT2D eigenvalue weighted by Gasteiger charge is -2.23. The fourth-order valence-electron chi connectivity index (χ4n) is 7.88. The summed E-state index contributed by atoms with van der Waals surface area (Å²) in [5.41, 5.74) is 0. The zero-order chi connectivity index (χ0) is 40.7. The Labute approximate surface area is 345 Å². The average Bonchev–Trinajstić information content (AvgIpc) is 3.51. The van der Waals surface area contributed by atoms with Gasteiger partial charge in [0, 0.05) is 32.2 Å². The van der Waals surface area contributed by atoms with Gasteiger partial charge < -0.3 is 14.4 Å². The lowest BCUT2D eigenvalue weighted by Crippen LogP contribution is -2.34. The molecule has 1 fully saturated rings. The van der Waals surface area contributed by atoms with E-state index in [0.717, 1.165) is 122 Å². The number of hydrogen-bond donors (Lipinski definition) is 0. The first-order valence-electron chi connectivity index (χ1n) is 24.3. The molecule has 1 aliphatic heterocycles. The van der Waals surface area contributed by atoms with Gasteiger partial charge in [-0.15, -0.1) is 0 Å². The number of carbonyl (C=O) groups is 4. The highest BCUT2D eigenvalue weighted by atomic mass is 16.5. The summed E-state index contributed by atoms with van der Waals surface area (Å²) in [5, 5.41) is 0. The second kappa shape index (κ2) is 38.6. The Bertz CT molecular complexity index is 942. The molecule has 0 radical (unpaired) electrons. The molecule has 0 spiro atoms. The van der Waals surface area contributed by atoms with Crippen LogP contribution in [-0.2, 0) is 28.7 Å². The van der Waals surface area contributed by atoms with Crippen molar-refractivity contribution in [3.8, 4) is 0 Å². The molecule has 56 heavy (non-hydrogen) atoms. The second-order valence-corrected chi connectivity index (χ2v) is 16.9. The van der Waals surface area contributed by atoms with Gasteiger partial charge in [-0.05, 0) is 83.8 Å². The van der Waals surface area contributed by atoms with Crippen LogP contribution in [0.1, 0.15) is 245 Å². The number of carbonyl (C=O) groups excluding carboxylic acids is 4. The Kier molecular flexibility index (Phi) is 35.8. The molecular formula is C48H90N2O6. The third kappa shape index (κ3) is 31.1. The van der Waals surface area contributed by atoms with Gasteiger partial charge >= 0.3 is 11.9 Å². The summed E-state index contributed by atoms with van der Waals surface area (Å²) in [6, 6.07) is 0. The summed E-state index contributed by atoms with van der Waals surface area (Å²) in [7, 11) is 0. The molecule has 0 aromatic rings. The van der Waals surface area contributed by atoms with Crippen LogP contribution in [0.4, 0.5) is 0 Å². The van der Waals surface area contributed by atoms with E-state index >= 15 is 0 Å². The zero-order valence-corrected chi connectivity index (χ0v) is 37.2. The minimum atomic E-state index is -0.0482. The Balaban J connectivity index is 2.30. The first kappa shape index (κ1) is 52.1. The molecule has 8 nitrogen and oxygen atoms in total. The largest absolute Gasteiger partial charge is 0.466 e. The molecule has 1 atom stereocenters. The minimum absolute atomic E-state index is 0.00517. The van der Waals surface area contributed by atoms with Crippen LogP contribution in [0.25, 0.3) is 0 Å². The third-order valence-corrected chi connectivity index (χ3v) is 11.5. The molecule has 1 rings (SSSR count). The Morgan fingerprint density at radius 2 is 0.893 bits per heavy atom. The quantitative estimate of drug-likeness (QED) is 0.0345.